The van der Waals surface area contributed by atoms with Crippen LogP contribution in [0.25, 0.3) is 0 Å². The number of hydrogen-bond acceptors (Lipinski definition) is 8. The first-order valence-corrected chi connectivity index (χ1v) is 18.0. The van der Waals surface area contributed by atoms with E-state index in [1.165, 1.54) is 0 Å². The Morgan fingerprint density at radius 2 is 1.54 bits per heavy atom. The lowest BCUT2D eigenvalue weighted by molar-refractivity contribution is -0.171. The SMILES string of the molecule is CC(C)C(=CCO)CCC(COS(=O)(=O)O)C1CCC2C3CCC4C(O)C(OS(=O)(=O)O)CCC4(C)C3CCC12C. The van der Waals surface area contributed by atoms with Gasteiger partial charge in [0.25, 0.3) is 0 Å². The second-order valence-electron chi connectivity index (χ2n) is 14.0. The monoisotopic (exact) mass is 622 g/mol. The normalized spacial score (nSPS) is 40.6. The van der Waals surface area contributed by atoms with Gasteiger partial charge in [0, 0.05) is 0 Å². The van der Waals surface area contributed by atoms with Gasteiger partial charge in [-0.3, -0.25) is 9.11 Å². The summed E-state index contributed by atoms with van der Waals surface area (Å²) in [5.41, 5.74) is 0.960. The molecule has 0 amide bonds. The van der Waals surface area contributed by atoms with Crippen LogP contribution in [-0.4, -0.2) is 61.6 Å². The molecule has 4 fully saturated rings. The van der Waals surface area contributed by atoms with Gasteiger partial charge in [0.05, 0.1) is 19.3 Å². The second kappa shape index (κ2) is 12.4. The number of hydrogen-bond donors (Lipinski definition) is 4. The van der Waals surface area contributed by atoms with Crippen LogP contribution >= 0.6 is 0 Å². The van der Waals surface area contributed by atoms with E-state index in [1.807, 2.05) is 6.08 Å². The third-order valence-corrected chi connectivity index (χ3v) is 12.8. The summed E-state index contributed by atoms with van der Waals surface area (Å²) < 4.78 is 74.3. The standard InChI is InChI=1S/C29H50O10S2/c1-18(2)19(13-16-30)5-6-20(17-38-40(32,33)34)22-9-10-23-21-7-8-25-27(31)26(39-41(35,36)37)12-15-29(25,4)24(21)11-14-28(22,23)3/h13,18,20-27,30-31H,5-12,14-17H2,1-4H3,(H,32,33,34)(H,35,36,37). The van der Waals surface area contributed by atoms with E-state index in [9.17, 15) is 36.2 Å². The van der Waals surface area contributed by atoms with Gasteiger partial charge < -0.3 is 10.2 Å². The first-order valence-electron chi connectivity index (χ1n) is 15.3. The van der Waals surface area contributed by atoms with Gasteiger partial charge in [-0.25, -0.2) is 8.37 Å². The average molecular weight is 623 g/mol. The number of rotatable bonds is 11. The molecule has 10 unspecified atom stereocenters. The minimum atomic E-state index is -4.64. The largest absolute Gasteiger partial charge is 0.397 e. The summed E-state index contributed by atoms with van der Waals surface area (Å²) in [6.45, 7) is 8.64. The molecule has 0 spiro atoms. The van der Waals surface area contributed by atoms with Crippen molar-refractivity contribution in [3.05, 3.63) is 11.6 Å². The summed E-state index contributed by atoms with van der Waals surface area (Å²) in [5.74, 6) is 1.60. The molecule has 0 aliphatic heterocycles. The van der Waals surface area contributed by atoms with Crippen molar-refractivity contribution < 1.29 is 44.5 Å². The highest BCUT2D eigenvalue weighted by Gasteiger charge is 2.62. The van der Waals surface area contributed by atoms with Crippen LogP contribution in [0.2, 0.25) is 0 Å². The minimum absolute atomic E-state index is 0.0137. The molecule has 4 N–H and O–H groups in total. The first-order chi connectivity index (χ1) is 19.0. The molecule has 0 saturated heterocycles. The highest BCUT2D eigenvalue weighted by atomic mass is 32.3. The van der Waals surface area contributed by atoms with E-state index in [2.05, 4.69) is 27.7 Å². The number of allylic oxidation sites excluding steroid dienone is 1. The predicted molar refractivity (Wildman–Crippen MR) is 153 cm³/mol. The van der Waals surface area contributed by atoms with E-state index in [4.69, 9.17) is 8.37 Å². The lowest BCUT2D eigenvalue weighted by Crippen LogP contribution is -2.59. The van der Waals surface area contributed by atoms with Crippen molar-refractivity contribution in [2.75, 3.05) is 13.2 Å². The van der Waals surface area contributed by atoms with E-state index in [1.54, 1.807) is 0 Å². The molecular formula is C29H50O10S2. The Morgan fingerprint density at radius 1 is 0.902 bits per heavy atom. The summed E-state index contributed by atoms with van der Waals surface area (Å²) in [6, 6.07) is 0. The Labute approximate surface area is 246 Å². The number of aliphatic hydroxyl groups excluding tert-OH is 2. The summed E-state index contributed by atoms with van der Waals surface area (Å²) in [6.07, 6.45) is 8.12. The molecule has 0 bridgehead atoms. The molecule has 4 aliphatic rings. The molecule has 12 heteroatoms. The molecule has 41 heavy (non-hydrogen) atoms. The van der Waals surface area contributed by atoms with E-state index in [0.29, 0.717) is 30.6 Å². The molecule has 238 valence electrons. The molecule has 4 aliphatic carbocycles. The molecule has 0 aromatic rings. The highest BCUT2D eigenvalue weighted by molar-refractivity contribution is 7.81. The Balaban J connectivity index is 1.53. The molecule has 0 heterocycles. The zero-order valence-electron chi connectivity index (χ0n) is 24.8. The van der Waals surface area contributed by atoms with Crippen LogP contribution in [0.1, 0.15) is 91.9 Å². The third kappa shape index (κ3) is 7.05. The minimum Gasteiger partial charge on any atom is -0.392 e. The molecule has 0 aromatic heterocycles. The fourth-order valence-corrected chi connectivity index (χ4v) is 10.9. The third-order valence-electron chi connectivity index (χ3n) is 11.9. The lowest BCUT2D eigenvalue weighted by Gasteiger charge is -2.62. The van der Waals surface area contributed by atoms with Gasteiger partial charge in [0.15, 0.2) is 0 Å². The van der Waals surface area contributed by atoms with Crippen molar-refractivity contribution in [3.63, 3.8) is 0 Å². The van der Waals surface area contributed by atoms with Gasteiger partial charge in [-0.05, 0) is 116 Å². The van der Waals surface area contributed by atoms with Crippen molar-refractivity contribution in [1.29, 1.82) is 0 Å². The van der Waals surface area contributed by atoms with Crippen molar-refractivity contribution in [2.24, 2.45) is 52.3 Å². The van der Waals surface area contributed by atoms with Crippen LogP contribution in [0.4, 0.5) is 0 Å². The number of fused-ring (bicyclic) bond motifs is 5. The highest BCUT2D eigenvalue weighted by Crippen LogP contribution is 2.68. The van der Waals surface area contributed by atoms with Crippen molar-refractivity contribution in [2.45, 2.75) is 104 Å². The van der Waals surface area contributed by atoms with Gasteiger partial charge >= 0.3 is 20.8 Å². The summed E-state index contributed by atoms with van der Waals surface area (Å²) in [5, 5.41) is 20.6. The fourth-order valence-electron chi connectivity index (χ4n) is 10.0. The van der Waals surface area contributed by atoms with Crippen molar-refractivity contribution >= 4 is 20.8 Å². The zero-order valence-corrected chi connectivity index (χ0v) is 26.4. The molecule has 4 rings (SSSR count). The lowest BCUT2D eigenvalue weighted by atomic mass is 9.44. The maximum absolute atomic E-state index is 11.6. The molecule has 10 atom stereocenters. The van der Waals surface area contributed by atoms with E-state index >= 15 is 0 Å². The van der Waals surface area contributed by atoms with Crippen molar-refractivity contribution in [3.8, 4) is 0 Å². The Morgan fingerprint density at radius 3 is 2.15 bits per heavy atom. The van der Waals surface area contributed by atoms with Crippen molar-refractivity contribution in [1.82, 2.24) is 0 Å². The van der Waals surface area contributed by atoms with Gasteiger partial charge in [0.1, 0.15) is 6.10 Å². The van der Waals surface area contributed by atoms with Gasteiger partial charge in [-0.1, -0.05) is 39.3 Å². The maximum Gasteiger partial charge on any atom is 0.397 e. The summed E-state index contributed by atoms with van der Waals surface area (Å²) >= 11 is 0. The van der Waals surface area contributed by atoms with Gasteiger partial charge in [-0.15, -0.1) is 0 Å². The van der Waals surface area contributed by atoms with Gasteiger partial charge in [-0.2, -0.15) is 16.8 Å². The zero-order chi connectivity index (χ0) is 30.4. The second-order valence-corrected chi connectivity index (χ2v) is 16.2. The first kappa shape index (κ1) is 33.3. The smallest absolute Gasteiger partial charge is 0.392 e. The quantitative estimate of drug-likeness (QED) is 0.189. The van der Waals surface area contributed by atoms with Crippen LogP contribution in [0.3, 0.4) is 0 Å². The van der Waals surface area contributed by atoms with E-state index in [-0.39, 0.29) is 47.7 Å². The molecule has 0 radical (unpaired) electrons. The summed E-state index contributed by atoms with van der Waals surface area (Å²) in [7, 11) is -9.21. The van der Waals surface area contributed by atoms with Crippen LogP contribution in [0.5, 0.6) is 0 Å². The number of aliphatic hydroxyl groups is 2. The topological polar surface area (TPSA) is 168 Å². The van der Waals surface area contributed by atoms with Crippen LogP contribution < -0.4 is 0 Å². The predicted octanol–water partition coefficient (Wildman–Crippen LogP) is 4.59. The summed E-state index contributed by atoms with van der Waals surface area (Å²) in [4.78, 5) is 0. The van der Waals surface area contributed by atoms with E-state index < -0.39 is 33.0 Å². The average Bonchev–Trinajstić information content (AvgIpc) is 3.21. The Kier molecular flexibility index (Phi) is 10.1. The Hall–Kier alpha value is -0.600. The molecule has 10 nitrogen and oxygen atoms in total. The molecule has 4 saturated carbocycles. The maximum atomic E-state index is 11.6. The van der Waals surface area contributed by atoms with Crippen LogP contribution in [-0.2, 0) is 29.2 Å². The fraction of sp³-hybridized carbons (Fsp3) is 0.931. The van der Waals surface area contributed by atoms with E-state index in [0.717, 1.165) is 56.9 Å². The van der Waals surface area contributed by atoms with Crippen LogP contribution in [0, 0.1) is 52.3 Å². The Bertz CT molecular complexity index is 1170. The molecule has 0 aromatic carbocycles. The van der Waals surface area contributed by atoms with Crippen LogP contribution in [0.15, 0.2) is 11.6 Å². The van der Waals surface area contributed by atoms with Gasteiger partial charge in [0.2, 0.25) is 0 Å². The molecular weight excluding hydrogens is 572 g/mol.